The van der Waals surface area contributed by atoms with Crippen molar-refractivity contribution in [3.05, 3.63) is 11.1 Å². The van der Waals surface area contributed by atoms with E-state index in [2.05, 4.69) is 11.1 Å². The summed E-state index contributed by atoms with van der Waals surface area (Å²) in [4.78, 5) is 17.6. The van der Waals surface area contributed by atoms with E-state index in [0.717, 1.165) is 10.8 Å². The number of aryl methyl sites for hydroxylation is 1. The molecule has 18 heavy (non-hydrogen) atoms. The number of nitriles is 1. The van der Waals surface area contributed by atoms with E-state index in [4.69, 9.17) is 10.00 Å². The summed E-state index contributed by atoms with van der Waals surface area (Å²) in [5, 5.41) is 11.3. The van der Waals surface area contributed by atoms with Gasteiger partial charge in [-0.25, -0.2) is 4.98 Å². The number of hydrogen-bond donors (Lipinski definition) is 0. The zero-order chi connectivity index (χ0) is 13.4. The Morgan fingerprint density at radius 3 is 3.11 bits per heavy atom. The molecule has 0 radical (unpaired) electrons. The second kappa shape index (κ2) is 7.67. The fourth-order valence-corrected chi connectivity index (χ4v) is 2.22. The van der Waals surface area contributed by atoms with Crippen LogP contribution in [0.4, 0.5) is 5.13 Å². The molecule has 5 nitrogen and oxygen atoms in total. The van der Waals surface area contributed by atoms with Crippen LogP contribution in [0.5, 0.6) is 0 Å². The van der Waals surface area contributed by atoms with Crippen LogP contribution >= 0.6 is 11.3 Å². The molecular weight excluding hydrogens is 250 g/mol. The van der Waals surface area contributed by atoms with Crippen molar-refractivity contribution in [1.29, 1.82) is 5.26 Å². The molecule has 1 heterocycles. The van der Waals surface area contributed by atoms with Gasteiger partial charge in [0, 0.05) is 25.4 Å². The first kappa shape index (κ1) is 14.5. The molecule has 0 atom stereocenters. The van der Waals surface area contributed by atoms with Crippen LogP contribution < -0.4 is 4.90 Å². The van der Waals surface area contributed by atoms with Gasteiger partial charge < -0.3 is 9.64 Å². The monoisotopic (exact) mass is 267 g/mol. The van der Waals surface area contributed by atoms with Crippen LogP contribution in [0.1, 0.15) is 25.5 Å². The molecule has 0 aromatic carbocycles. The number of carbonyl (C=O) groups is 1. The highest BCUT2D eigenvalue weighted by Crippen LogP contribution is 2.20. The van der Waals surface area contributed by atoms with Crippen molar-refractivity contribution in [2.75, 3.05) is 25.1 Å². The Morgan fingerprint density at radius 2 is 2.44 bits per heavy atom. The summed E-state index contributed by atoms with van der Waals surface area (Å²) in [6.07, 6.45) is 1.44. The molecule has 1 aromatic heterocycles. The van der Waals surface area contributed by atoms with Gasteiger partial charge in [-0.15, -0.1) is 11.3 Å². The quantitative estimate of drug-likeness (QED) is 0.707. The van der Waals surface area contributed by atoms with E-state index in [1.807, 2.05) is 17.3 Å². The fourth-order valence-electron chi connectivity index (χ4n) is 1.36. The Bertz CT molecular complexity index is 425. The van der Waals surface area contributed by atoms with Crippen LogP contribution in [0, 0.1) is 11.3 Å². The Balaban J connectivity index is 2.43. The van der Waals surface area contributed by atoms with E-state index < -0.39 is 0 Å². The van der Waals surface area contributed by atoms with Crippen LogP contribution in [-0.2, 0) is 16.0 Å². The van der Waals surface area contributed by atoms with Gasteiger partial charge in [0.05, 0.1) is 31.2 Å². The fraction of sp³-hybridized carbons (Fsp3) is 0.583. The highest BCUT2D eigenvalue weighted by atomic mass is 32.1. The topological polar surface area (TPSA) is 66.2 Å². The van der Waals surface area contributed by atoms with Crippen molar-refractivity contribution >= 4 is 22.4 Å². The molecule has 0 saturated carbocycles. The number of nitrogens with zero attached hydrogens (tertiary/aromatic N) is 3. The molecule has 0 saturated heterocycles. The normalized spacial score (nSPS) is 9.83. The lowest BCUT2D eigenvalue weighted by Crippen LogP contribution is -2.17. The number of aromatic nitrogens is 1. The average Bonchev–Trinajstić information content (AvgIpc) is 2.82. The molecule has 1 aromatic rings. The second-order valence-electron chi connectivity index (χ2n) is 3.76. The largest absolute Gasteiger partial charge is 0.466 e. The van der Waals surface area contributed by atoms with Gasteiger partial charge in [0.15, 0.2) is 5.13 Å². The predicted octanol–water partition coefficient (Wildman–Crippen LogP) is 1.99. The van der Waals surface area contributed by atoms with Gasteiger partial charge >= 0.3 is 5.97 Å². The number of anilines is 1. The van der Waals surface area contributed by atoms with Gasteiger partial charge in [-0.3, -0.25) is 4.79 Å². The summed E-state index contributed by atoms with van der Waals surface area (Å²) in [6.45, 7) is 2.88. The molecule has 0 fully saturated rings. The molecule has 0 aliphatic heterocycles. The van der Waals surface area contributed by atoms with Crippen molar-refractivity contribution in [2.24, 2.45) is 0 Å². The van der Waals surface area contributed by atoms with Gasteiger partial charge in [0.25, 0.3) is 0 Å². The van der Waals surface area contributed by atoms with E-state index in [-0.39, 0.29) is 5.97 Å². The molecule has 0 aliphatic carbocycles. The highest BCUT2D eigenvalue weighted by molar-refractivity contribution is 7.13. The standard InChI is InChI=1S/C12H17N3O2S/c1-3-17-11(16)6-5-10-9-18-12(14-10)15(2)8-4-7-13/h9H,3-6,8H2,1-2H3. The number of ether oxygens (including phenoxy) is 1. The summed E-state index contributed by atoms with van der Waals surface area (Å²) in [5.74, 6) is -0.190. The van der Waals surface area contributed by atoms with Crippen LogP contribution in [0.25, 0.3) is 0 Å². The summed E-state index contributed by atoms with van der Waals surface area (Å²) in [6, 6.07) is 2.10. The third-order valence-electron chi connectivity index (χ3n) is 2.32. The van der Waals surface area contributed by atoms with Crippen LogP contribution in [0.3, 0.4) is 0 Å². The Hall–Kier alpha value is -1.61. The number of thiazole rings is 1. The molecule has 0 unspecified atom stereocenters. The van der Waals surface area contributed by atoms with Crippen LogP contribution in [0.15, 0.2) is 5.38 Å². The van der Waals surface area contributed by atoms with Gasteiger partial charge in [0.2, 0.25) is 0 Å². The predicted molar refractivity (Wildman–Crippen MR) is 70.6 cm³/mol. The van der Waals surface area contributed by atoms with Crippen LogP contribution in [-0.4, -0.2) is 31.2 Å². The summed E-state index contributed by atoms with van der Waals surface area (Å²) in [5.41, 5.74) is 0.895. The Labute approximate surface area is 111 Å². The minimum atomic E-state index is -0.190. The molecule has 6 heteroatoms. The lowest BCUT2D eigenvalue weighted by Gasteiger charge is -2.12. The number of hydrogen-bond acceptors (Lipinski definition) is 6. The third-order valence-corrected chi connectivity index (χ3v) is 3.32. The maximum atomic E-state index is 11.2. The van der Waals surface area contributed by atoms with Gasteiger partial charge in [-0.1, -0.05) is 0 Å². The molecule has 0 spiro atoms. The van der Waals surface area contributed by atoms with E-state index in [1.54, 1.807) is 6.92 Å². The van der Waals surface area contributed by atoms with Gasteiger partial charge in [-0.2, -0.15) is 5.26 Å². The Morgan fingerprint density at radius 1 is 1.67 bits per heavy atom. The summed E-state index contributed by atoms with van der Waals surface area (Å²) >= 11 is 1.53. The lowest BCUT2D eigenvalue weighted by molar-refractivity contribution is -0.143. The third kappa shape index (κ3) is 4.72. The van der Waals surface area contributed by atoms with Crippen LogP contribution in [0.2, 0.25) is 0 Å². The molecule has 0 N–H and O–H groups in total. The maximum Gasteiger partial charge on any atom is 0.306 e. The zero-order valence-electron chi connectivity index (χ0n) is 10.7. The number of rotatable bonds is 7. The highest BCUT2D eigenvalue weighted by Gasteiger charge is 2.09. The first-order valence-corrected chi connectivity index (χ1v) is 6.73. The SMILES string of the molecule is CCOC(=O)CCc1csc(N(C)CCC#N)n1. The second-order valence-corrected chi connectivity index (χ2v) is 4.59. The van der Waals surface area contributed by atoms with E-state index >= 15 is 0 Å². The smallest absolute Gasteiger partial charge is 0.306 e. The molecular formula is C12H17N3O2S. The molecule has 0 bridgehead atoms. The van der Waals surface area contributed by atoms with Crippen molar-refractivity contribution in [2.45, 2.75) is 26.2 Å². The summed E-state index contributed by atoms with van der Waals surface area (Å²) in [7, 11) is 1.91. The minimum absolute atomic E-state index is 0.190. The van der Waals surface area contributed by atoms with Crippen molar-refractivity contribution in [3.8, 4) is 6.07 Å². The van der Waals surface area contributed by atoms with Gasteiger partial charge in [-0.05, 0) is 6.92 Å². The van der Waals surface area contributed by atoms with Crippen molar-refractivity contribution in [1.82, 2.24) is 4.98 Å². The van der Waals surface area contributed by atoms with Crippen molar-refractivity contribution in [3.63, 3.8) is 0 Å². The first-order valence-electron chi connectivity index (χ1n) is 5.85. The summed E-state index contributed by atoms with van der Waals surface area (Å²) < 4.78 is 4.86. The zero-order valence-corrected chi connectivity index (χ0v) is 11.5. The Kier molecular flexibility index (Phi) is 6.15. The minimum Gasteiger partial charge on any atom is -0.466 e. The molecule has 98 valence electrons. The van der Waals surface area contributed by atoms with E-state index in [1.165, 1.54) is 11.3 Å². The molecule has 1 rings (SSSR count). The van der Waals surface area contributed by atoms with Crippen molar-refractivity contribution < 1.29 is 9.53 Å². The number of esters is 1. The average molecular weight is 267 g/mol. The maximum absolute atomic E-state index is 11.2. The molecule has 0 aliphatic rings. The van der Waals surface area contributed by atoms with E-state index in [0.29, 0.717) is 32.4 Å². The van der Waals surface area contributed by atoms with Gasteiger partial charge in [0.1, 0.15) is 0 Å². The first-order chi connectivity index (χ1) is 8.67. The lowest BCUT2D eigenvalue weighted by atomic mass is 10.2. The number of carbonyl (C=O) groups excluding carboxylic acids is 1. The van der Waals surface area contributed by atoms with E-state index in [9.17, 15) is 4.79 Å². The molecule has 0 amide bonds.